The second kappa shape index (κ2) is 9.72. The summed E-state index contributed by atoms with van der Waals surface area (Å²) in [6.07, 6.45) is -1.01. The maximum Gasteiger partial charge on any atom is 0.326 e. The minimum atomic E-state index is -1.01. The highest BCUT2D eigenvalue weighted by molar-refractivity contribution is 9.10. The molecule has 2 N–H and O–H groups in total. The number of anilines is 1. The Morgan fingerprint density at radius 2 is 1.67 bits per heavy atom. The summed E-state index contributed by atoms with van der Waals surface area (Å²) in [5.41, 5.74) is 0.962. The van der Waals surface area contributed by atoms with E-state index in [-0.39, 0.29) is 6.54 Å². The van der Waals surface area contributed by atoms with Crippen molar-refractivity contribution in [1.29, 1.82) is 0 Å². The number of nitrogens with one attached hydrogen (secondary N) is 2. The van der Waals surface area contributed by atoms with Gasteiger partial charge in [-0.3, -0.25) is 14.4 Å². The number of hydrogen-bond acceptors (Lipinski definition) is 5. The molecular weight excluding hydrogens is 416 g/mol. The summed E-state index contributed by atoms with van der Waals surface area (Å²) < 4.78 is 10.9. The number of amides is 2. The average molecular weight is 435 g/mol. The van der Waals surface area contributed by atoms with Crippen LogP contribution in [0.4, 0.5) is 5.69 Å². The summed E-state index contributed by atoms with van der Waals surface area (Å²) in [6, 6.07) is 13.4. The van der Waals surface area contributed by atoms with Crippen LogP contribution in [-0.4, -0.2) is 37.5 Å². The van der Waals surface area contributed by atoms with Crippen molar-refractivity contribution in [2.24, 2.45) is 0 Å². The van der Waals surface area contributed by atoms with Gasteiger partial charge in [0.2, 0.25) is 0 Å². The molecule has 0 aliphatic carbocycles. The predicted octanol–water partition coefficient (Wildman–Crippen LogP) is 2.76. The molecule has 0 heterocycles. The zero-order valence-corrected chi connectivity index (χ0v) is 16.4. The molecule has 0 aliphatic rings. The molecule has 2 aromatic carbocycles. The van der Waals surface area contributed by atoms with Crippen LogP contribution >= 0.6 is 15.9 Å². The molecule has 0 fully saturated rings. The molecule has 7 nitrogen and oxygen atoms in total. The average Bonchev–Trinajstić information content (AvgIpc) is 2.67. The van der Waals surface area contributed by atoms with E-state index in [1.165, 1.54) is 6.92 Å². The quantitative estimate of drug-likeness (QED) is 0.653. The van der Waals surface area contributed by atoms with Crippen LogP contribution in [0.2, 0.25) is 0 Å². The molecule has 142 valence electrons. The van der Waals surface area contributed by atoms with Gasteiger partial charge >= 0.3 is 5.97 Å². The van der Waals surface area contributed by atoms with Gasteiger partial charge < -0.3 is 20.1 Å². The van der Waals surface area contributed by atoms with Gasteiger partial charge in [-0.15, -0.1) is 0 Å². The molecular formula is C19H19BrN2O5. The Morgan fingerprint density at radius 3 is 2.26 bits per heavy atom. The molecule has 27 heavy (non-hydrogen) atoms. The van der Waals surface area contributed by atoms with E-state index < -0.39 is 23.9 Å². The van der Waals surface area contributed by atoms with Crippen LogP contribution in [0.5, 0.6) is 5.75 Å². The van der Waals surface area contributed by atoms with E-state index >= 15 is 0 Å². The smallest absolute Gasteiger partial charge is 0.326 e. The highest BCUT2D eigenvalue weighted by Gasteiger charge is 2.18. The van der Waals surface area contributed by atoms with E-state index in [4.69, 9.17) is 9.47 Å². The number of halogens is 1. The van der Waals surface area contributed by atoms with Crippen LogP contribution in [0.1, 0.15) is 17.3 Å². The Labute approximate surface area is 165 Å². The molecule has 0 saturated heterocycles. The van der Waals surface area contributed by atoms with Crippen LogP contribution < -0.4 is 15.4 Å². The Balaban J connectivity index is 1.78. The third-order valence-electron chi connectivity index (χ3n) is 3.53. The van der Waals surface area contributed by atoms with Crippen LogP contribution in [0.3, 0.4) is 0 Å². The van der Waals surface area contributed by atoms with E-state index in [0.717, 1.165) is 4.47 Å². The fraction of sp³-hybridized carbons (Fsp3) is 0.211. The third kappa shape index (κ3) is 6.41. The topological polar surface area (TPSA) is 93.7 Å². The summed E-state index contributed by atoms with van der Waals surface area (Å²) in [7, 11) is 1.55. The van der Waals surface area contributed by atoms with Crippen molar-refractivity contribution in [2.75, 3.05) is 19.0 Å². The van der Waals surface area contributed by atoms with Crippen molar-refractivity contribution in [3.8, 4) is 5.75 Å². The predicted molar refractivity (Wildman–Crippen MR) is 104 cm³/mol. The molecule has 2 amide bonds. The largest absolute Gasteiger partial charge is 0.497 e. The van der Waals surface area contributed by atoms with E-state index in [9.17, 15) is 14.4 Å². The number of carbonyl (C=O) groups excluding carboxylic acids is 3. The number of benzene rings is 2. The summed E-state index contributed by atoms with van der Waals surface area (Å²) in [4.78, 5) is 35.9. The van der Waals surface area contributed by atoms with Gasteiger partial charge in [-0.25, -0.2) is 0 Å². The molecule has 0 spiro atoms. The summed E-state index contributed by atoms with van der Waals surface area (Å²) in [5, 5.41) is 5.08. The van der Waals surface area contributed by atoms with Crippen molar-refractivity contribution in [3.05, 3.63) is 58.6 Å². The van der Waals surface area contributed by atoms with Crippen molar-refractivity contribution >= 4 is 39.4 Å². The molecule has 0 bridgehead atoms. The second-order valence-corrected chi connectivity index (χ2v) is 6.46. The summed E-state index contributed by atoms with van der Waals surface area (Å²) >= 11 is 3.28. The molecule has 2 aromatic rings. The lowest BCUT2D eigenvalue weighted by Crippen LogP contribution is -2.35. The van der Waals surface area contributed by atoms with Gasteiger partial charge in [-0.2, -0.15) is 0 Å². The minimum Gasteiger partial charge on any atom is -0.497 e. The maximum atomic E-state index is 12.1. The summed E-state index contributed by atoms with van der Waals surface area (Å²) in [6.45, 7) is 1.11. The number of carbonyl (C=O) groups is 3. The van der Waals surface area contributed by atoms with Gasteiger partial charge in [0.15, 0.2) is 6.10 Å². The molecule has 1 unspecified atom stereocenters. The summed E-state index contributed by atoms with van der Waals surface area (Å²) in [5.74, 6) is -0.936. The van der Waals surface area contributed by atoms with Crippen LogP contribution in [0.15, 0.2) is 53.0 Å². The number of hydrogen-bond donors (Lipinski definition) is 2. The standard InChI is InChI=1S/C19H19BrN2O5/c1-12(18(24)22-15-7-9-16(26-2)10-8-15)27-17(23)11-21-19(25)13-3-5-14(20)6-4-13/h3-10,12H,11H2,1-2H3,(H,21,25)(H,22,24). The van der Waals surface area contributed by atoms with Gasteiger partial charge in [-0.1, -0.05) is 15.9 Å². The monoisotopic (exact) mass is 434 g/mol. The van der Waals surface area contributed by atoms with Crippen LogP contribution in [-0.2, 0) is 14.3 Å². The first-order chi connectivity index (χ1) is 12.9. The minimum absolute atomic E-state index is 0.338. The SMILES string of the molecule is COc1ccc(NC(=O)C(C)OC(=O)CNC(=O)c2ccc(Br)cc2)cc1. The highest BCUT2D eigenvalue weighted by Crippen LogP contribution is 2.15. The number of esters is 1. The zero-order chi connectivity index (χ0) is 19.8. The van der Waals surface area contributed by atoms with E-state index in [0.29, 0.717) is 17.0 Å². The van der Waals surface area contributed by atoms with Crippen molar-refractivity contribution < 1.29 is 23.9 Å². The Bertz CT molecular complexity index is 806. The van der Waals surface area contributed by atoms with E-state index in [2.05, 4.69) is 26.6 Å². The number of methoxy groups -OCH3 is 1. The van der Waals surface area contributed by atoms with Crippen molar-refractivity contribution in [3.63, 3.8) is 0 Å². The number of ether oxygens (including phenoxy) is 2. The number of rotatable bonds is 7. The Hall–Kier alpha value is -2.87. The van der Waals surface area contributed by atoms with Gasteiger partial charge in [0, 0.05) is 15.7 Å². The first-order valence-electron chi connectivity index (χ1n) is 8.07. The highest BCUT2D eigenvalue weighted by atomic mass is 79.9. The van der Waals surface area contributed by atoms with E-state index in [1.807, 2.05) is 0 Å². The van der Waals surface area contributed by atoms with E-state index in [1.54, 1.807) is 55.6 Å². The molecule has 0 aromatic heterocycles. The van der Waals surface area contributed by atoms with Gasteiger partial charge in [0.25, 0.3) is 11.8 Å². The zero-order valence-electron chi connectivity index (χ0n) is 14.8. The molecule has 2 rings (SSSR count). The second-order valence-electron chi connectivity index (χ2n) is 5.54. The normalized spacial score (nSPS) is 11.2. The molecule has 0 aliphatic heterocycles. The Kier molecular flexibility index (Phi) is 7.36. The maximum absolute atomic E-state index is 12.1. The lowest BCUT2D eigenvalue weighted by molar-refractivity contribution is -0.152. The third-order valence-corrected chi connectivity index (χ3v) is 4.06. The fourth-order valence-electron chi connectivity index (χ4n) is 2.07. The molecule has 8 heteroatoms. The first kappa shape index (κ1) is 20.4. The van der Waals surface area contributed by atoms with Gasteiger partial charge in [-0.05, 0) is 55.5 Å². The lowest BCUT2D eigenvalue weighted by atomic mass is 10.2. The molecule has 0 radical (unpaired) electrons. The first-order valence-corrected chi connectivity index (χ1v) is 8.86. The molecule has 0 saturated carbocycles. The van der Waals surface area contributed by atoms with Gasteiger partial charge in [0.05, 0.1) is 7.11 Å². The van der Waals surface area contributed by atoms with Crippen LogP contribution in [0, 0.1) is 0 Å². The molecule has 1 atom stereocenters. The Morgan fingerprint density at radius 1 is 1.04 bits per heavy atom. The van der Waals surface area contributed by atoms with Crippen LogP contribution in [0.25, 0.3) is 0 Å². The fourth-order valence-corrected chi connectivity index (χ4v) is 2.33. The lowest BCUT2D eigenvalue weighted by Gasteiger charge is -2.14. The van der Waals surface area contributed by atoms with Crippen molar-refractivity contribution in [1.82, 2.24) is 5.32 Å². The van der Waals surface area contributed by atoms with Gasteiger partial charge in [0.1, 0.15) is 12.3 Å². The van der Waals surface area contributed by atoms with Crippen molar-refractivity contribution in [2.45, 2.75) is 13.0 Å².